The van der Waals surface area contributed by atoms with Gasteiger partial charge in [0.15, 0.2) is 0 Å². The van der Waals surface area contributed by atoms with Crippen molar-refractivity contribution in [2.24, 2.45) is 7.05 Å². The van der Waals surface area contributed by atoms with Gasteiger partial charge < -0.3 is 10.3 Å². The third kappa shape index (κ3) is 1.78. The molecule has 2 N–H and O–H groups in total. The summed E-state index contributed by atoms with van der Waals surface area (Å²) >= 11 is 0. The molecule has 0 spiro atoms. The van der Waals surface area contributed by atoms with Gasteiger partial charge in [-0.3, -0.25) is 0 Å². The molecule has 0 fully saturated rings. The van der Waals surface area contributed by atoms with Gasteiger partial charge in [0.25, 0.3) is 0 Å². The number of aryl methyl sites for hydroxylation is 3. The molecule has 0 radical (unpaired) electrons. The van der Waals surface area contributed by atoms with Gasteiger partial charge in [0.2, 0.25) is 0 Å². The van der Waals surface area contributed by atoms with Crippen molar-refractivity contribution in [1.82, 2.24) is 9.55 Å². The van der Waals surface area contributed by atoms with Crippen LogP contribution in [0.1, 0.15) is 11.1 Å². The van der Waals surface area contributed by atoms with Crippen LogP contribution in [0.3, 0.4) is 0 Å². The number of hydrogen-bond acceptors (Lipinski definition) is 2. The lowest BCUT2D eigenvalue weighted by Gasteiger charge is -2.06. The Morgan fingerprint density at radius 1 is 1.11 bits per heavy atom. The Bertz CT molecular complexity index is 769. The lowest BCUT2D eigenvalue weighted by molar-refractivity contribution is 0.954. The van der Waals surface area contributed by atoms with E-state index in [2.05, 4.69) is 37.6 Å². The first-order valence-electron chi connectivity index (χ1n) is 6.36. The van der Waals surface area contributed by atoms with Crippen molar-refractivity contribution in [2.45, 2.75) is 13.8 Å². The van der Waals surface area contributed by atoms with Crippen molar-refractivity contribution in [3.05, 3.63) is 47.5 Å². The molecule has 3 heteroatoms. The van der Waals surface area contributed by atoms with Crippen LogP contribution in [0.5, 0.6) is 0 Å². The summed E-state index contributed by atoms with van der Waals surface area (Å²) in [5, 5.41) is 0. The molecule has 0 atom stereocenters. The molecule has 19 heavy (non-hydrogen) atoms. The smallest absolute Gasteiger partial charge is 0.140 e. The summed E-state index contributed by atoms with van der Waals surface area (Å²) in [6.45, 7) is 4.27. The Hall–Kier alpha value is -2.29. The van der Waals surface area contributed by atoms with E-state index >= 15 is 0 Å². The number of nitrogens with two attached hydrogens (primary N) is 1. The van der Waals surface area contributed by atoms with E-state index in [9.17, 15) is 0 Å². The van der Waals surface area contributed by atoms with Crippen LogP contribution in [-0.4, -0.2) is 9.55 Å². The van der Waals surface area contributed by atoms with E-state index in [1.54, 1.807) is 0 Å². The molecule has 3 nitrogen and oxygen atoms in total. The monoisotopic (exact) mass is 251 g/mol. The zero-order valence-electron chi connectivity index (χ0n) is 11.4. The van der Waals surface area contributed by atoms with Gasteiger partial charge in [0.05, 0.1) is 11.0 Å². The molecule has 0 saturated carbocycles. The largest absolute Gasteiger partial charge is 0.399 e. The van der Waals surface area contributed by atoms with Crippen LogP contribution >= 0.6 is 0 Å². The van der Waals surface area contributed by atoms with E-state index in [0.717, 1.165) is 22.6 Å². The van der Waals surface area contributed by atoms with Crippen molar-refractivity contribution in [3.63, 3.8) is 0 Å². The SMILES string of the molecule is Cc1ccc2nc(-c3cccc(N)c3)n(C)c2c1C. The molecular formula is C16H17N3. The van der Waals surface area contributed by atoms with Gasteiger partial charge >= 0.3 is 0 Å². The standard InChI is InChI=1S/C16H17N3/c1-10-7-8-14-15(11(10)2)19(3)16(18-14)12-5-4-6-13(17)9-12/h4-9H,17H2,1-3H3. The van der Waals surface area contributed by atoms with Crippen molar-refractivity contribution in [1.29, 1.82) is 0 Å². The summed E-state index contributed by atoms with van der Waals surface area (Å²) < 4.78 is 2.15. The second kappa shape index (κ2) is 4.12. The Balaban J connectivity index is 2.32. The molecule has 1 heterocycles. The first-order valence-corrected chi connectivity index (χ1v) is 6.36. The van der Waals surface area contributed by atoms with E-state index in [0.29, 0.717) is 0 Å². The van der Waals surface area contributed by atoms with Crippen molar-refractivity contribution in [3.8, 4) is 11.4 Å². The van der Waals surface area contributed by atoms with Crippen molar-refractivity contribution < 1.29 is 0 Å². The maximum Gasteiger partial charge on any atom is 0.140 e. The topological polar surface area (TPSA) is 43.8 Å². The Kier molecular flexibility index (Phi) is 2.56. The molecule has 0 bridgehead atoms. The molecule has 1 aromatic heterocycles. The Labute approximate surface area is 112 Å². The van der Waals surface area contributed by atoms with E-state index in [1.165, 1.54) is 16.6 Å². The summed E-state index contributed by atoms with van der Waals surface area (Å²) in [5.41, 5.74) is 12.5. The fourth-order valence-corrected chi connectivity index (χ4v) is 2.53. The predicted octanol–water partition coefficient (Wildman–Crippen LogP) is 3.44. The maximum absolute atomic E-state index is 5.86. The molecule has 0 aliphatic rings. The van der Waals surface area contributed by atoms with Crippen LogP contribution in [0.25, 0.3) is 22.4 Å². The van der Waals surface area contributed by atoms with Crippen LogP contribution in [0, 0.1) is 13.8 Å². The number of nitrogen functional groups attached to an aromatic ring is 1. The first-order chi connectivity index (χ1) is 9.08. The molecule has 3 aromatic rings. The Morgan fingerprint density at radius 3 is 2.63 bits per heavy atom. The van der Waals surface area contributed by atoms with Gasteiger partial charge in [-0.2, -0.15) is 0 Å². The quantitative estimate of drug-likeness (QED) is 0.673. The number of fused-ring (bicyclic) bond motifs is 1. The summed E-state index contributed by atoms with van der Waals surface area (Å²) in [5.74, 6) is 0.955. The zero-order valence-corrected chi connectivity index (χ0v) is 11.4. The van der Waals surface area contributed by atoms with E-state index in [1.807, 2.05) is 24.3 Å². The third-order valence-electron chi connectivity index (χ3n) is 3.70. The minimum atomic E-state index is 0.762. The lowest BCUT2D eigenvalue weighted by Crippen LogP contribution is -1.95. The molecule has 0 unspecified atom stereocenters. The van der Waals surface area contributed by atoms with Crippen LogP contribution in [-0.2, 0) is 7.05 Å². The van der Waals surface area contributed by atoms with Gasteiger partial charge in [-0.15, -0.1) is 0 Å². The summed E-state index contributed by atoms with van der Waals surface area (Å²) in [6.07, 6.45) is 0. The van der Waals surface area contributed by atoms with Crippen LogP contribution in [0.2, 0.25) is 0 Å². The number of nitrogens with zero attached hydrogens (tertiary/aromatic N) is 2. The fourth-order valence-electron chi connectivity index (χ4n) is 2.53. The fraction of sp³-hybridized carbons (Fsp3) is 0.188. The second-order valence-electron chi connectivity index (χ2n) is 5.00. The molecule has 0 aliphatic carbocycles. The molecule has 0 aliphatic heterocycles. The highest BCUT2D eigenvalue weighted by atomic mass is 15.1. The molecule has 0 saturated heterocycles. The average molecular weight is 251 g/mol. The summed E-state index contributed by atoms with van der Waals surface area (Å²) in [6, 6.07) is 12.0. The van der Waals surface area contributed by atoms with Gasteiger partial charge in [-0.05, 0) is 43.2 Å². The third-order valence-corrected chi connectivity index (χ3v) is 3.70. The van der Waals surface area contributed by atoms with Crippen molar-refractivity contribution in [2.75, 3.05) is 5.73 Å². The van der Waals surface area contributed by atoms with Gasteiger partial charge in [-0.1, -0.05) is 18.2 Å². The number of anilines is 1. The highest BCUT2D eigenvalue weighted by Gasteiger charge is 2.12. The van der Waals surface area contributed by atoms with E-state index in [4.69, 9.17) is 10.7 Å². The van der Waals surface area contributed by atoms with Gasteiger partial charge in [0, 0.05) is 18.3 Å². The minimum absolute atomic E-state index is 0.762. The van der Waals surface area contributed by atoms with Crippen LogP contribution in [0.15, 0.2) is 36.4 Å². The van der Waals surface area contributed by atoms with Gasteiger partial charge in [0.1, 0.15) is 5.82 Å². The summed E-state index contributed by atoms with van der Waals surface area (Å²) in [7, 11) is 2.06. The highest BCUT2D eigenvalue weighted by molar-refractivity contribution is 5.84. The predicted molar refractivity (Wildman–Crippen MR) is 80.0 cm³/mol. The number of aromatic nitrogens is 2. The molecule has 2 aromatic carbocycles. The summed E-state index contributed by atoms with van der Waals surface area (Å²) in [4.78, 5) is 4.73. The molecule has 96 valence electrons. The van der Waals surface area contributed by atoms with Crippen molar-refractivity contribution >= 4 is 16.7 Å². The number of hydrogen-bond donors (Lipinski definition) is 1. The second-order valence-corrected chi connectivity index (χ2v) is 5.00. The van der Waals surface area contributed by atoms with E-state index < -0.39 is 0 Å². The maximum atomic E-state index is 5.86. The minimum Gasteiger partial charge on any atom is -0.399 e. The number of imidazole rings is 1. The number of benzene rings is 2. The van der Waals surface area contributed by atoms with E-state index in [-0.39, 0.29) is 0 Å². The lowest BCUT2D eigenvalue weighted by atomic mass is 10.1. The van der Waals surface area contributed by atoms with Gasteiger partial charge in [-0.25, -0.2) is 4.98 Å². The van der Waals surface area contributed by atoms with Crippen LogP contribution < -0.4 is 5.73 Å². The normalized spacial score (nSPS) is 11.1. The first kappa shape index (κ1) is 11.8. The zero-order chi connectivity index (χ0) is 13.6. The Morgan fingerprint density at radius 2 is 1.89 bits per heavy atom. The number of rotatable bonds is 1. The molecule has 0 amide bonds. The molecule has 3 rings (SSSR count). The highest BCUT2D eigenvalue weighted by Crippen LogP contribution is 2.27. The van der Waals surface area contributed by atoms with Crippen LogP contribution in [0.4, 0.5) is 5.69 Å². The molecular weight excluding hydrogens is 234 g/mol. The average Bonchev–Trinajstić information content (AvgIpc) is 2.72.